The maximum Gasteiger partial charge on any atom is 0.354 e. The molecule has 1 aromatic carbocycles. The van der Waals surface area contributed by atoms with Crippen molar-refractivity contribution in [2.75, 3.05) is 7.11 Å². The number of carboxylic acid groups (broad SMARTS) is 1. The molecular weight excluding hydrogens is 316 g/mol. The first-order valence-corrected chi connectivity index (χ1v) is 8.26. The van der Waals surface area contributed by atoms with Crippen molar-refractivity contribution in [1.29, 1.82) is 0 Å². The lowest BCUT2D eigenvalue weighted by Crippen LogP contribution is -2.36. The Hall–Kier alpha value is -2.82. The Balaban J connectivity index is 2.06. The van der Waals surface area contributed by atoms with Crippen molar-refractivity contribution in [3.05, 3.63) is 47.3 Å². The maximum atomic E-state index is 11.7. The second-order valence-electron chi connectivity index (χ2n) is 6.90. The van der Waals surface area contributed by atoms with Gasteiger partial charge in [-0.25, -0.2) is 9.79 Å². The number of ether oxygens (including phenoxy) is 1. The van der Waals surface area contributed by atoms with E-state index in [9.17, 15) is 9.90 Å². The Labute approximate surface area is 145 Å². The molecule has 2 unspecified atom stereocenters. The van der Waals surface area contributed by atoms with Gasteiger partial charge in [-0.2, -0.15) is 0 Å². The topological polar surface area (TPSA) is 63.8 Å². The van der Waals surface area contributed by atoms with E-state index in [0.717, 1.165) is 27.8 Å². The molecule has 0 saturated carbocycles. The van der Waals surface area contributed by atoms with Crippen LogP contribution in [0.4, 0.5) is 0 Å². The standard InChI is InChI=1S/C20H20N2O3/c1-11-18-14(13-6-5-12(25-4)9-16(13)22(18)3)10-15-17(19(23)24)21-8-7-20(11,15)2/h5-11H,1-4H3,(H,23,24). The van der Waals surface area contributed by atoms with Crippen molar-refractivity contribution in [2.24, 2.45) is 17.5 Å². The number of aliphatic imine (C=N–C) groups is 1. The molecule has 4 rings (SSSR count). The van der Waals surface area contributed by atoms with E-state index in [1.807, 2.05) is 30.4 Å². The third-order valence-electron chi connectivity index (χ3n) is 5.75. The third kappa shape index (κ3) is 1.95. The summed E-state index contributed by atoms with van der Waals surface area (Å²) in [6.07, 6.45) is 5.63. The van der Waals surface area contributed by atoms with E-state index in [0.29, 0.717) is 0 Å². The van der Waals surface area contributed by atoms with Crippen LogP contribution in [-0.2, 0) is 11.8 Å². The minimum Gasteiger partial charge on any atom is -0.497 e. The molecular formula is C20H20N2O3. The summed E-state index contributed by atoms with van der Waals surface area (Å²) in [5.74, 6) is -0.0616. The molecule has 2 heterocycles. The summed E-state index contributed by atoms with van der Waals surface area (Å²) < 4.78 is 7.55. The van der Waals surface area contributed by atoms with Gasteiger partial charge in [-0.15, -0.1) is 0 Å². The van der Waals surface area contributed by atoms with Gasteiger partial charge >= 0.3 is 5.97 Å². The van der Waals surface area contributed by atoms with Crippen molar-refractivity contribution < 1.29 is 14.6 Å². The molecule has 1 aromatic heterocycles. The molecule has 0 saturated heterocycles. The molecule has 5 nitrogen and oxygen atoms in total. The molecule has 0 amide bonds. The van der Waals surface area contributed by atoms with E-state index in [4.69, 9.17) is 4.74 Å². The number of carboxylic acids is 1. The number of hydrogen-bond donors (Lipinski definition) is 1. The number of aliphatic carboxylic acids is 1. The summed E-state index contributed by atoms with van der Waals surface area (Å²) in [6, 6.07) is 6.00. The van der Waals surface area contributed by atoms with Crippen LogP contribution in [-0.4, -0.2) is 28.5 Å². The van der Waals surface area contributed by atoms with Gasteiger partial charge in [-0.1, -0.05) is 19.9 Å². The van der Waals surface area contributed by atoms with Gasteiger partial charge in [0, 0.05) is 47.3 Å². The highest BCUT2D eigenvalue weighted by atomic mass is 16.5. The largest absolute Gasteiger partial charge is 0.497 e. The van der Waals surface area contributed by atoms with Gasteiger partial charge in [0.05, 0.1) is 12.6 Å². The minimum absolute atomic E-state index is 0.118. The number of aromatic nitrogens is 1. The molecule has 0 radical (unpaired) electrons. The van der Waals surface area contributed by atoms with E-state index in [1.165, 1.54) is 5.69 Å². The third-order valence-corrected chi connectivity index (χ3v) is 5.75. The normalized spacial score (nSPS) is 24.4. The van der Waals surface area contributed by atoms with E-state index in [2.05, 4.69) is 30.5 Å². The molecule has 1 N–H and O–H groups in total. The zero-order chi connectivity index (χ0) is 17.9. The zero-order valence-electron chi connectivity index (χ0n) is 14.7. The Bertz CT molecular complexity index is 1010. The van der Waals surface area contributed by atoms with Crippen LogP contribution in [0.3, 0.4) is 0 Å². The van der Waals surface area contributed by atoms with Gasteiger partial charge in [0.2, 0.25) is 0 Å². The van der Waals surface area contributed by atoms with Crippen LogP contribution in [0.25, 0.3) is 17.0 Å². The van der Waals surface area contributed by atoms with Gasteiger partial charge in [0.1, 0.15) is 5.75 Å². The minimum atomic E-state index is -0.987. The summed E-state index contributed by atoms with van der Waals surface area (Å²) in [4.78, 5) is 15.8. The molecule has 2 atom stereocenters. The van der Waals surface area contributed by atoms with Crippen molar-refractivity contribution in [2.45, 2.75) is 19.8 Å². The maximum absolute atomic E-state index is 11.7. The highest BCUT2D eigenvalue weighted by Gasteiger charge is 2.44. The molecule has 5 heteroatoms. The fourth-order valence-electron chi connectivity index (χ4n) is 4.15. The number of benzene rings is 1. The molecule has 1 aliphatic carbocycles. The molecule has 0 spiro atoms. The fraction of sp³-hybridized carbons (Fsp3) is 0.300. The average Bonchev–Trinajstić information content (AvgIpc) is 2.87. The smallest absolute Gasteiger partial charge is 0.354 e. The molecule has 1 aliphatic heterocycles. The second kappa shape index (κ2) is 5.09. The molecule has 128 valence electrons. The number of carbonyl (C=O) groups is 1. The number of methoxy groups -OCH3 is 1. The monoisotopic (exact) mass is 336 g/mol. The van der Waals surface area contributed by atoms with Crippen LogP contribution in [0.15, 0.2) is 41.0 Å². The van der Waals surface area contributed by atoms with E-state index < -0.39 is 11.4 Å². The number of nitrogens with zero attached hydrogens (tertiary/aromatic N) is 2. The molecule has 0 fully saturated rings. The van der Waals surface area contributed by atoms with Gasteiger partial charge in [-0.3, -0.25) is 0 Å². The number of allylic oxidation sites excluding steroid dienone is 1. The SMILES string of the molecule is COc1ccc2c3c(n(C)c2c1)C(C)C1(C)C=CN=C(C(=O)O)C1=C3. The Morgan fingerprint density at radius 1 is 1.40 bits per heavy atom. The number of rotatable bonds is 2. The summed E-state index contributed by atoms with van der Waals surface area (Å²) in [5, 5.41) is 10.7. The van der Waals surface area contributed by atoms with E-state index >= 15 is 0 Å². The van der Waals surface area contributed by atoms with Crippen LogP contribution in [0.2, 0.25) is 0 Å². The lowest BCUT2D eigenvalue weighted by Gasteiger charge is -2.40. The molecule has 0 bridgehead atoms. The Kier molecular flexibility index (Phi) is 3.19. The van der Waals surface area contributed by atoms with Crippen molar-refractivity contribution in [1.82, 2.24) is 4.57 Å². The first kappa shape index (κ1) is 15.7. The summed E-state index contributed by atoms with van der Waals surface area (Å²) in [6.45, 7) is 4.23. The molecule has 2 aliphatic rings. The molecule has 2 aromatic rings. The van der Waals surface area contributed by atoms with E-state index in [1.54, 1.807) is 13.3 Å². The van der Waals surface area contributed by atoms with Crippen LogP contribution < -0.4 is 4.74 Å². The first-order chi connectivity index (χ1) is 11.9. The van der Waals surface area contributed by atoms with Gasteiger partial charge in [0.25, 0.3) is 0 Å². The fourth-order valence-corrected chi connectivity index (χ4v) is 4.15. The van der Waals surface area contributed by atoms with Crippen molar-refractivity contribution in [3.8, 4) is 5.75 Å². The Morgan fingerprint density at radius 2 is 2.16 bits per heavy atom. The van der Waals surface area contributed by atoms with Crippen LogP contribution in [0.5, 0.6) is 5.75 Å². The van der Waals surface area contributed by atoms with Gasteiger partial charge < -0.3 is 14.4 Å². The lowest BCUT2D eigenvalue weighted by atomic mass is 9.64. The summed E-state index contributed by atoms with van der Waals surface area (Å²) in [7, 11) is 3.71. The van der Waals surface area contributed by atoms with Crippen LogP contribution in [0.1, 0.15) is 31.0 Å². The van der Waals surface area contributed by atoms with E-state index in [-0.39, 0.29) is 11.6 Å². The highest BCUT2D eigenvalue weighted by molar-refractivity contribution is 6.44. The van der Waals surface area contributed by atoms with Crippen LogP contribution in [0, 0.1) is 5.41 Å². The first-order valence-electron chi connectivity index (χ1n) is 8.26. The van der Waals surface area contributed by atoms with Gasteiger partial charge in [-0.05, 0) is 23.8 Å². The van der Waals surface area contributed by atoms with Crippen LogP contribution >= 0.6 is 0 Å². The predicted octanol–water partition coefficient (Wildman–Crippen LogP) is 3.75. The highest BCUT2D eigenvalue weighted by Crippen LogP contribution is 2.52. The zero-order valence-corrected chi connectivity index (χ0v) is 14.7. The number of hydrogen-bond acceptors (Lipinski definition) is 3. The Morgan fingerprint density at radius 3 is 2.84 bits per heavy atom. The molecule has 25 heavy (non-hydrogen) atoms. The number of fused-ring (bicyclic) bond motifs is 4. The quantitative estimate of drug-likeness (QED) is 0.908. The summed E-state index contributed by atoms with van der Waals surface area (Å²) in [5.41, 5.74) is 3.86. The lowest BCUT2D eigenvalue weighted by molar-refractivity contribution is -0.129. The summed E-state index contributed by atoms with van der Waals surface area (Å²) >= 11 is 0. The van der Waals surface area contributed by atoms with Crippen molar-refractivity contribution in [3.63, 3.8) is 0 Å². The predicted molar refractivity (Wildman–Crippen MR) is 98.2 cm³/mol. The average molecular weight is 336 g/mol. The number of aryl methyl sites for hydroxylation is 1. The van der Waals surface area contributed by atoms with Gasteiger partial charge in [0.15, 0.2) is 5.71 Å². The second-order valence-corrected chi connectivity index (χ2v) is 6.90. The van der Waals surface area contributed by atoms with Crippen molar-refractivity contribution >= 4 is 28.7 Å².